The van der Waals surface area contributed by atoms with E-state index < -0.39 is 22.3 Å². The lowest BCUT2D eigenvalue weighted by atomic mass is 9.88. The molecule has 0 heterocycles. The molecule has 1 fully saturated rings. The average molecular weight is 611 g/mol. The second kappa shape index (κ2) is 20.2. The van der Waals surface area contributed by atoms with Crippen LogP contribution in [0.3, 0.4) is 0 Å². The van der Waals surface area contributed by atoms with Gasteiger partial charge in [-0.2, -0.15) is 8.42 Å². The highest BCUT2D eigenvalue weighted by atomic mass is 32.2. The number of esters is 1. The fourth-order valence-electron chi connectivity index (χ4n) is 5.32. The van der Waals surface area contributed by atoms with E-state index in [0.29, 0.717) is 45.5 Å². The summed E-state index contributed by atoms with van der Waals surface area (Å²) in [4.78, 5) is 11.9. The first kappa shape index (κ1) is 36.4. The first-order valence-electron chi connectivity index (χ1n) is 15.8. The van der Waals surface area contributed by atoms with Crippen molar-refractivity contribution in [3.05, 3.63) is 42.0 Å². The van der Waals surface area contributed by atoms with Gasteiger partial charge in [0.15, 0.2) is 0 Å². The van der Waals surface area contributed by atoms with Crippen LogP contribution in [0.4, 0.5) is 0 Å². The smallest absolute Gasteiger partial charge is 0.306 e. The Morgan fingerprint density at radius 2 is 1.64 bits per heavy atom. The summed E-state index contributed by atoms with van der Waals surface area (Å²) < 4.78 is 48.6. The van der Waals surface area contributed by atoms with Gasteiger partial charge in [-0.1, -0.05) is 62.5 Å². The summed E-state index contributed by atoms with van der Waals surface area (Å²) in [5.41, 5.74) is 0.962. The maximum absolute atomic E-state index is 13.1. The highest BCUT2D eigenvalue weighted by molar-refractivity contribution is 7.86. The summed E-state index contributed by atoms with van der Waals surface area (Å²) in [5.74, 6) is -0.546. The van der Waals surface area contributed by atoms with Crippen LogP contribution in [0, 0.1) is 18.8 Å². The molecule has 1 unspecified atom stereocenters. The summed E-state index contributed by atoms with van der Waals surface area (Å²) in [6.45, 7) is 9.93. The molecule has 1 aliphatic rings. The number of aryl methyl sites for hydroxylation is 1. The molecule has 4 atom stereocenters. The third-order valence-corrected chi connectivity index (χ3v) is 8.96. The molecular weight excluding hydrogens is 556 g/mol. The number of unbranched alkanes of at least 4 members (excludes halogenated alkanes) is 5. The van der Waals surface area contributed by atoms with E-state index >= 15 is 0 Å². The number of benzene rings is 1. The van der Waals surface area contributed by atoms with Gasteiger partial charge in [-0.3, -0.25) is 8.98 Å². The molecule has 9 heteroatoms. The van der Waals surface area contributed by atoms with Crippen LogP contribution in [0.2, 0.25) is 0 Å². The van der Waals surface area contributed by atoms with Crippen molar-refractivity contribution < 1.29 is 36.7 Å². The molecular formula is C33H54O8S. The van der Waals surface area contributed by atoms with Crippen LogP contribution in [-0.2, 0) is 33.3 Å². The topological polar surface area (TPSA) is 108 Å². The Labute approximate surface area is 254 Å². The molecule has 0 amide bonds. The van der Waals surface area contributed by atoms with Crippen LogP contribution in [0.1, 0.15) is 97.0 Å². The van der Waals surface area contributed by atoms with Gasteiger partial charge in [-0.15, -0.1) is 0 Å². The van der Waals surface area contributed by atoms with Crippen molar-refractivity contribution in [1.82, 2.24) is 0 Å². The molecule has 0 aromatic heterocycles. The zero-order chi connectivity index (χ0) is 30.8. The van der Waals surface area contributed by atoms with Crippen molar-refractivity contribution in [1.29, 1.82) is 0 Å². The molecule has 0 aliphatic heterocycles. The summed E-state index contributed by atoms with van der Waals surface area (Å²) in [7, 11) is -3.98. The van der Waals surface area contributed by atoms with Gasteiger partial charge in [0, 0.05) is 26.1 Å². The molecule has 240 valence electrons. The fraction of sp³-hybridized carbons (Fsp3) is 0.727. The lowest BCUT2D eigenvalue weighted by molar-refractivity contribution is -0.147. The number of aliphatic hydroxyl groups excluding tert-OH is 1. The molecule has 0 bridgehead atoms. The quantitative estimate of drug-likeness (QED) is 0.0684. The number of carbonyl (C=O) groups is 1. The number of allylic oxidation sites excluding steroid dienone is 2. The van der Waals surface area contributed by atoms with Gasteiger partial charge in [0.2, 0.25) is 0 Å². The van der Waals surface area contributed by atoms with Gasteiger partial charge in [-0.25, -0.2) is 0 Å². The summed E-state index contributed by atoms with van der Waals surface area (Å²) in [6.07, 6.45) is 11.8. The normalized spacial score (nSPS) is 21.0. The molecule has 2 rings (SSSR count). The monoisotopic (exact) mass is 610 g/mol. The van der Waals surface area contributed by atoms with E-state index in [1.807, 2.05) is 32.9 Å². The van der Waals surface area contributed by atoms with Crippen LogP contribution < -0.4 is 0 Å². The van der Waals surface area contributed by atoms with Gasteiger partial charge in [0.05, 0.1) is 36.4 Å². The van der Waals surface area contributed by atoms with Crippen LogP contribution in [0.5, 0.6) is 0 Å². The number of rotatable bonds is 22. The Kier molecular flexibility index (Phi) is 17.5. The average Bonchev–Trinajstić information content (AvgIpc) is 3.21. The minimum Gasteiger partial charge on any atom is -0.463 e. The van der Waals surface area contributed by atoms with Gasteiger partial charge >= 0.3 is 5.97 Å². The molecule has 1 saturated carbocycles. The number of ether oxygens (including phenoxy) is 3. The standard InChI is InChI=1S/C33H54O8S/c1-5-6-7-10-13-21-38-23-24-39-22-20-30-29(14-11-8-9-12-15-33(35)40-26(2)3)31(34)25-32(30)41-42(36,37)28-18-16-27(4)17-19-28/h8,11,16-19,26,29-32,34H,5-7,9-10,12-15,20-25H2,1-4H3/t29?,30-,31+,32-/m1/s1. The summed E-state index contributed by atoms with van der Waals surface area (Å²) in [5, 5.41) is 10.9. The Bertz CT molecular complexity index is 1010. The highest BCUT2D eigenvalue weighted by Crippen LogP contribution is 2.40. The van der Waals surface area contributed by atoms with Gasteiger partial charge in [-0.05, 0) is 76.8 Å². The van der Waals surface area contributed by atoms with Crippen molar-refractivity contribution in [2.75, 3.05) is 26.4 Å². The molecule has 0 radical (unpaired) electrons. The highest BCUT2D eigenvalue weighted by Gasteiger charge is 2.44. The van der Waals surface area contributed by atoms with Gasteiger partial charge < -0.3 is 19.3 Å². The summed E-state index contributed by atoms with van der Waals surface area (Å²) >= 11 is 0. The number of carbonyl (C=O) groups excluding carboxylic acids is 1. The van der Waals surface area contributed by atoms with E-state index in [1.165, 1.54) is 25.7 Å². The zero-order valence-electron chi connectivity index (χ0n) is 26.2. The molecule has 0 saturated heterocycles. The minimum atomic E-state index is -3.98. The maximum Gasteiger partial charge on any atom is 0.306 e. The number of hydrogen-bond acceptors (Lipinski definition) is 8. The van der Waals surface area contributed by atoms with Crippen LogP contribution >= 0.6 is 0 Å². The molecule has 42 heavy (non-hydrogen) atoms. The molecule has 0 spiro atoms. The van der Waals surface area contributed by atoms with E-state index in [2.05, 4.69) is 6.92 Å². The second-order valence-electron chi connectivity index (χ2n) is 11.6. The lowest BCUT2D eigenvalue weighted by Gasteiger charge is -2.24. The van der Waals surface area contributed by atoms with E-state index in [4.69, 9.17) is 18.4 Å². The van der Waals surface area contributed by atoms with Crippen molar-refractivity contribution in [2.45, 2.75) is 122 Å². The van der Waals surface area contributed by atoms with Crippen LogP contribution in [0.25, 0.3) is 0 Å². The predicted molar refractivity (Wildman–Crippen MR) is 165 cm³/mol. The molecule has 1 N–H and O–H groups in total. The molecule has 8 nitrogen and oxygen atoms in total. The van der Waals surface area contributed by atoms with Crippen molar-refractivity contribution in [3.63, 3.8) is 0 Å². The minimum absolute atomic E-state index is 0.115. The van der Waals surface area contributed by atoms with E-state index in [9.17, 15) is 18.3 Å². The van der Waals surface area contributed by atoms with Gasteiger partial charge in [0.1, 0.15) is 0 Å². The predicted octanol–water partition coefficient (Wildman–Crippen LogP) is 6.53. The van der Waals surface area contributed by atoms with Crippen molar-refractivity contribution >= 4 is 16.1 Å². The van der Waals surface area contributed by atoms with E-state index in [0.717, 1.165) is 25.0 Å². The first-order valence-corrected chi connectivity index (χ1v) is 17.2. The van der Waals surface area contributed by atoms with Crippen LogP contribution in [0.15, 0.2) is 41.3 Å². The molecule has 1 aromatic rings. The van der Waals surface area contributed by atoms with E-state index in [1.54, 1.807) is 24.3 Å². The Morgan fingerprint density at radius 3 is 2.33 bits per heavy atom. The lowest BCUT2D eigenvalue weighted by Crippen LogP contribution is -2.27. The van der Waals surface area contributed by atoms with Crippen molar-refractivity contribution in [3.8, 4) is 0 Å². The third kappa shape index (κ3) is 14.1. The fourth-order valence-corrected chi connectivity index (χ4v) is 6.45. The Morgan fingerprint density at radius 1 is 0.952 bits per heavy atom. The first-order chi connectivity index (χ1) is 20.1. The Hall–Kier alpha value is -1.78. The molecule has 1 aromatic carbocycles. The number of hydrogen-bond donors (Lipinski definition) is 1. The maximum atomic E-state index is 13.1. The summed E-state index contributed by atoms with van der Waals surface area (Å²) in [6, 6.07) is 6.59. The van der Waals surface area contributed by atoms with Crippen molar-refractivity contribution in [2.24, 2.45) is 11.8 Å². The number of aliphatic hydroxyl groups is 1. The van der Waals surface area contributed by atoms with Gasteiger partial charge in [0.25, 0.3) is 10.1 Å². The molecule has 1 aliphatic carbocycles. The third-order valence-electron chi connectivity index (χ3n) is 7.61. The van der Waals surface area contributed by atoms with E-state index in [-0.39, 0.29) is 35.2 Å². The van der Waals surface area contributed by atoms with Crippen LogP contribution in [-0.4, -0.2) is 64.2 Å². The SMILES string of the molecule is CCCCCCCOCCOCC[C@@H]1C(CC=CCCCC(=O)OC(C)C)[C@@H](O)C[C@H]1OS(=O)(=O)c1ccc(C)cc1. The Balaban J connectivity index is 1.90. The second-order valence-corrected chi connectivity index (χ2v) is 13.2. The zero-order valence-corrected chi connectivity index (χ0v) is 27.0. The largest absolute Gasteiger partial charge is 0.463 e.